The fourth-order valence-electron chi connectivity index (χ4n) is 1.69. The van der Waals surface area contributed by atoms with Crippen LogP contribution in [0.4, 0.5) is 0 Å². The standard InChI is InChI=1S/C10H11ClN2O/c11-9-3-1-2-7-8(9)6-13(5-4-12)10(7)14/h1-3H,4-6,12H2. The molecule has 0 saturated heterocycles. The first-order valence-electron chi connectivity index (χ1n) is 4.50. The molecule has 0 atom stereocenters. The Kier molecular flexibility index (Phi) is 2.44. The molecule has 1 aromatic carbocycles. The highest BCUT2D eigenvalue weighted by Crippen LogP contribution is 2.28. The second-order valence-electron chi connectivity index (χ2n) is 3.28. The topological polar surface area (TPSA) is 46.3 Å². The third-order valence-electron chi connectivity index (χ3n) is 2.38. The zero-order valence-corrected chi connectivity index (χ0v) is 8.42. The fraction of sp³-hybridized carbons (Fsp3) is 0.300. The van der Waals surface area contributed by atoms with Gasteiger partial charge < -0.3 is 10.6 Å². The van der Waals surface area contributed by atoms with Crippen molar-refractivity contribution >= 4 is 17.5 Å². The molecule has 1 amide bonds. The third-order valence-corrected chi connectivity index (χ3v) is 2.74. The molecule has 0 aromatic heterocycles. The molecule has 2 N–H and O–H groups in total. The zero-order valence-electron chi connectivity index (χ0n) is 7.66. The van der Waals surface area contributed by atoms with E-state index in [-0.39, 0.29) is 5.91 Å². The molecular formula is C10H11ClN2O. The number of hydrogen-bond acceptors (Lipinski definition) is 2. The lowest BCUT2D eigenvalue weighted by Gasteiger charge is -2.13. The van der Waals surface area contributed by atoms with Crippen molar-refractivity contribution in [1.82, 2.24) is 4.90 Å². The SMILES string of the molecule is NCCN1Cc2c(Cl)cccc2C1=O. The summed E-state index contributed by atoms with van der Waals surface area (Å²) in [5.41, 5.74) is 7.05. The van der Waals surface area contributed by atoms with Gasteiger partial charge in [-0.25, -0.2) is 0 Å². The van der Waals surface area contributed by atoms with Crippen molar-refractivity contribution < 1.29 is 4.79 Å². The van der Waals surface area contributed by atoms with Gasteiger partial charge in [0.15, 0.2) is 0 Å². The van der Waals surface area contributed by atoms with Gasteiger partial charge in [0.1, 0.15) is 0 Å². The van der Waals surface area contributed by atoms with Gasteiger partial charge in [0.25, 0.3) is 5.91 Å². The van der Waals surface area contributed by atoms with Crippen molar-refractivity contribution in [2.75, 3.05) is 13.1 Å². The van der Waals surface area contributed by atoms with Crippen LogP contribution in [0, 0.1) is 0 Å². The van der Waals surface area contributed by atoms with Crippen LogP contribution in [0.5, 0.6) is 0 Å². The molecule has 0 aliphatic carbocycles. The van der Waals surface area contributed by atoms with Gasteiger partial charge in [0.05, 0.1) is 0 Å². The highest BCUT2D eigenvalue weighted by molar-refractivity contribution is 6.32. The number of carbonyl (C=O) groups is 1. The Bertz CT molecular complexity index is 378. The molecule has 1 heterocycles. The molecule has 0 bridgehead atoms. The summed E-state index contributed by atoms with van der Waals surface area (Å²) in [4.78, 5) is 13.5. The number of benzene rings is 1. The molecule has 0 fully saturated rings. The van der Waals surface area contributed by atoms with Gasteiger partial charge in [-0.1, -0.05) is 17.7 Å². The van der Waals surface area contributed by atoms with Crippen molar-refractivity contribution in [3.8, 4) is 0 Å². The van der Waals surface area contributed by atoms with E-state index in [1.54, 1.807) is 23.1 Å². The lowest BCUT2D eigenvalue weighted by molar-refractivity contribution is 0.0783. The van der Waals surface area contributed by atoms with Gasteiger partial charge >= 0.3 is 0 Å². The normalized spacial score (nSPS) is 14.7. The van der Waals surface area contributed by atoms with E-state index in [2.05, 4.69) is 0 Å². The number of nitrogens with two attached hydrogens (primary N) is 1. The van der Waals surface area contributed by atoms with Gasteiger partial charge in [-0.15, -0.1) is 0 Å². The van der Waals surface area contributed by atoms with Gasteiger partial charge in [0.2, 0.25) is 0 Å². The number of nitrogens with zero attached hydrogens (tertiary/aromatic N) is 1. The molecule has 0 saturated carbocycles. The predicted octanol–water partition coefficient (Wildman–Crippen LogP) is 1.25. The van der Waals surface area contributed by atoms with Crippen molar-refractivity contribution in [1.29, 1.82) is 0 Å². The van der Waals surface area contributed by atoms with E-state index in [0.29, 0.717) is 30.2 Å². The van der Waals surface area contributed by atoms with Gasteiger partial charge in [-0.05, 0) is 12.1 Å². The maximum atomic E-state index is 11.8. The molecule has 1 aliphatic heterocycles. The molecule has 74 valence electrons. The minimum atomic E-state index is 0.0351. The molecule has 2 rings (SSSR count). The van der Waals surface area contributed by atoms with Crippen LogP contribution in [0.15, 0.2) is 18.2 Å². The Morgan fingerprint density at radius 3 is 2.93 bits per heavy atom. The summed E-state index contributed by atoms with van der Waals surface area (Å²) in [5, 5.41) is 0.662. The molecule has 1 aliphatic rings. The molecule has 4 heteroatoms. The van der Waals surface area contributed by atoms with Crippen LogP contribution in [0.25, 0.3) is 0 Å². The van der Waals surface area contributed by atoms with E-state index in [1.807, 2.05) is 0 Å². The van der Waals surface area contributed by atoms with Crippen LogP contribution >= 0.6 is 11.6 Å². The molecule has 0 radical (unpaired) electrons. The first-order chi connectivity index (χ1) is 6.74. The Labute approximate surface area is 87.4 Å². The molecule has 3 nitrogen and oxygen atoms in total. The average Bonchev–Trinajstić information content (AvgIpc) is 2.48. The Balaban J connectivity index is 2.35. The summed E-state index contributed by atoms with van der Waals surface area (Å²) < 4.78 is 0. The second-order valence-corrected chi connectivity index (χ2v) is 3.69. The summed E-state index contributed by atoms with van der Waals surface area (Å²) in [5.74, 6) is 0.0351. The highest BCUT2D eigenvalue weighted by Gasteiger charge is 2.27. The van der Waals surface area contributed by atoms with Crippen molar-refractivity contribution in [3.63, 3.8) is 0 Å². The lowest BCUT2D eigenvalue weighted by atomic mass is 10.1. The number of amides is 1. The minimum Gasteiger partial charge on any atom is -0.333 e. The van der Waals surface area contributed by atoms with E-state index in [4.69, 9.17) is 17.3 Å². The fourth-order valence-corrected chi connectivity index (χ4v) is 1.92. The number of halogens is 1. The van der Waals surface area contributed by atoms with Crippen LogP contribution in [0.3, 0.4) is 0 Å². The monoisotopic (exact) mass is 210 g/mol. The van der Waals surface area contributed by atoms with E-state index < -0.39 is 0 Å². The Hall–Kier alpha value is -1.06. The average molecular weight is 211 g/mol. The molecular weight excluding hydrogens is 200 g/mol. The first-order valence-corrected chi connectivity index (χ1v) is 4.88. The number of rotatable bonds is 2. The number of fused-ring (bicyclic) bond motifs is 1. The van der Waals surface area contributed by atoms with Gasteiger partial charge in [0, 0.05) is 35.8 Å². The quantitative estimate of drug-likeness (QED) is 0.799. The molecule has 0 spiro atoms. The van der Waals surface area contributed by atoms with Crippen molar-refractivity contribution in [2.45, 2.75) is 6.54 Å². The van der Waals surface area contributed by atoms with Gasteiger partial charge in [-0.3, -0.25) is 4.79 Å². The smallest absolute Gasteiger partial charge is 0.254 e. The summed E-state index contributed by atoms with van der Waals surface area (Å²) in [7, 11) is 0. The maximum Gasteiger partial charge on any atom is 0.254 e. The van der Waals surface area contributed by atoms with E-state index in [0.717, 1.165) is 5.56 Å². The van der Waals surface area contributed by atoms with Crippen LogP contribution in [-0.2, 0) is 6.54 Å². The zero-order chi connectivity index (χ0) is 10.1. The number of carbonyl (C=O) groups excluding carboxylic acids is 1. The second kappa shape index (κ2) is 3.59. The predicted molar refractivity (Wildman–Crippen MR) is 55.2 cm³/mol. The molecule has 14 heavy (non-hydrogen) atoms. The van der Waals surface area contributed by atoms with Crippen LogP contribution in [0.1, 0.15) is 15.9 Å². The molecule has 1 aromatic rings. The Morgan fingerprint density at radius 2 is 2.29 bits per heavy atom. The summed E-state index contributed by atoms with van der Waals surface area (Å²) in [6, 6.07) is 5.41. The molecule has 0 unspecified atom stereocenters. The van der Waals surface area contributed by atoms with Crippen LogP contribution < -0.4 is 5.73 Å². The van der Waals surface area contributed by atoms with Crippen molar-refractivity contribution in [2.24, 2.45) is 5.73 Å². The van der Waals surface area contributed by atoms with Crippen molar-refractivity contribution in [3.05, 3.63) is 34.3 Å². The van der Waals surface area contributed by atoms with Crippen LogP contribution in [-0.4, -0.2) is 23.9 Å². The minimum absolute atomic E-state index is 0.0351. The largest absolute Gasteiger partial charge is 0.333 e. The first kappa shape index (κ1) is 9.49. The third kappa shape index (κ3) is 1.38. The summed E-state index contributed by atoms with van der Waals surface area (Å²) in [6.07, 6.45) is 0. The highest BCUT2D eigenvalue weighted by atomic mass is 35.5. The summed E-state index contributed by atoms with van der Waals surface area (Å²) >= 11 is 5.99. The van der Waals surface area contributed by atoms with E-state index >= 15 is 0 Å². The maximum absolute atomic E-state index is 11.8. The Morgan fingerprint density at radius 1 is 1.50 bits per heavy atom. The van der Waals surface area contributed by atoms with Crippen LogP contribution in [0.2, 0.25) is 5.02 Å². The van der Waals surface area contributed by atoms with E-state index in [9.17, 15) is 4.79 Å². The van der Waals surface area contributed by atoms with Gasteiger partial charge in [-0.2, -0.15) is 0 Å². The lowest BCUT2D eigenvalue weighted by Crippen LogP contribution is -2.29. The van der Waals surface area contributed by atoms with E-state index in [1.165, 1.54) is 0 Å². The number of hydrogen-bond donors (Lipinski definition) is 1. The summed E-state index contributed by atoms with van der Waals surface area (Å²) in [6.45, 7) is 1.66.